The van der Waals surface area contributed by atoms with Crippen molar-refractivity contribution in [2.24, 2.45) is 0 Å². The van der Waals surface area contributed by atoms with Crippen molar-refractivity contribution in [3.63, 3.8) is 0 Å². The zero-order chi connectivity index (χ0) is 7.82. The third-order valence-corrected chi connectivity index (χ3v) is 1.83. The average molecular weight is 171 g/mol. The van der Waals surface area contributed by atoms with Gasteiger partial charge in [0.05, 0.1) is 0 Å². The number of nitrogens with one attached hydrogen (secondary N) is 1. The van der Waals surface area contributed by atoms with Crippen LogP contribution in [0.3, 0.4) is 0 Å². The van der Waals surface area contributed by atoms with E-state index in [4.69, 9.17) is 0 Å². The van der Waals surface area contributed by atoms with Crippen molar-refractivity contribution in [1.82, 2.24) is 5.32 Å². The van der Waals surface area contributed by atoms with Crippen molar-refractivity contribution in [1.29, 1.82) is 0 Å². The van der Waals surface area contributed by atoms with Crippen LogP contribution in [0.5, 0.6) is 0 Å². The molecule has 0 saturated carbocycles. The van der Waals surface area contributed by atoms with Crippen molar-refractivity contribution in [2.45, 2.75) is 0 Å². The van der Waals surface area contributed by atoms with Crippen LogP contribution in [-0.4, -0.2) is 32.1 Å². The van der Waals surface area contributed by atoms with E-state index >= 15 is 0 Å². The largest absolute Gasteiger partial charge is 0.762 e. The molecule has 1 saturated heterocycles. The van der Waals surface area contributed by atoms with Crippen molar-refractivity contribution < 1.29 is 12.9 Å². The van der Waals surface area contributed by atoms with Gasteiger partial charge in [0.25, 0.3) is 0 Å². The second-order valence-corrected chi connectivity index (χ2v) is 2.83. The van der Waals surface area contributed by atoms with Gasteiger partial charge in [-0.1, -0.05) is 0 Å². The molecule has 0 spiro atoms. The van der Waals surface area contributed by atoms with Gasteiger partial charge in [-0.05, 0) is 0 Å². The lowest BCUT2D eigenvalue weighted by Crippen LogP contribution is -2.24. The van der Waals surface area contributed by atoms with Crippen LogP contribution in [0.25, 0.3) is 0 Å². The summed E-state index contributed by atoms with van der Waals surface area (Å²) in [4.78, 5) is 0. The van der Waals surface area contributed by atoms with Crippen molar-refractivity contribution in [3.8, 4) is 0 Å². The number of thioether (sulfide) groups is 1. The first-order chi connectivity index (χ1) is 4.73. The van der Waals surface area contributed by atoms with Gasteiger partial charge in [0.1, 0.15) is 0 Å². The quantitative estimate of drug-likeness (QED) is 0.549. The topological polar surface area (TPSA) is 12.0 Å². The summed E-state index contributed by atoms with van der Waals surface area (Å²) < 4.78 is 29.0. The van der Waals surface area contributed by atoms with Gasteiger partial charge in [0, 0.05) is 24.6 Å². The van der Waals surface area contributed by atoms with Crippen molar-refractivity contribution in [2.75, 3.05) is 24.6 Å². The lowest BCUT2D eigenvalue weighted by atomic mass is 10.5. The van der Waals surface area contributed by atoms with Crippen LogP contribution in [0, 0.1) is 0 Å². The normalized spacial score (nSPS) is 17.1. The van der Waals surface area contributed by atoms with Gasteiger partial charge in [-0.2, -0.15) is 11.8 Å². The molecule has 0 aromatic heterocycles. The molecule has 1 heterocycles. The zero-order valence-electron chi connectivity index (χ0n) is 5.45. The first-order valence-electron chi connectivity index (χ1n) is 2.94. The van der Waals surface area contributed by atoms with E-state index in [1.165, 1.54) is 24.6 Å². The van der Waals surface area contributed by atoms with Crippen molar-refractivity contribution in [3.05, 3.63) is 0 Å². The van der Waals surface area contributed by atoms with E-state index in [9.17, 15) is 12.9 Å². The Hall–Kier alpha value is 0.165. The predicted octanol–water partition coefficient (Wildman–Crippen LogP) is 1.20. The third kappa shape index (κ3) is 11.0. The molecule has 1 aliphatic rings. The van der Waals surface area contributed by atoms with E-state index in [0.717, 1.165) is 0 Å². The first kappa shape index (κ1) is 10.2. The van der Waals surface area contributed by atoms with Gasteiger partial charge in [0.15, 0.2) is 0 Å². The summed E-state index contributed by atoms with van der Waals surface area (Å²) in [5.74, 6) is 2.61. The number of halogens is 3. The summed E-state index contributed by atoms with van der Waals surface area (Å²) in [6, 6.07) is 0. The van der Waals surface area contributed by atoms with Gasteiger partial charge >= 0.3 is 7.54 Å². The first-order valence-corrected chi connectivity index (χ1v) is 4.09. The minimum Gasteiger partial charge on any atom is -0.315 e. The van der Waals surface area contributed by atoms with Crippen LogP contribution in [0.1, 0.15) is 0 Å². The molecule has 60 valence electrons. The third-order valence-electron chi connectivity index (χ3n) is 0.846. The highest BCUT2D eigenvalue weighted by Crippen LogP contribution is 1.99. The number of hydrogen-bond acceptors (Lipinski definition) is 2. The predicted molar refractivity (Wildman–Crippen MR) is 39.3 cm³/mol. The molecule has 0 aliphatic carbocycles. The average Bonchev–Trinajstić information content (AvgIpc) is 1.90. The van der Waals surface area contributed by atoms with E-state index in [-0.39, 0.29) is 0 Å². The van der Waals surface area contributed by atoms with Gasteiger partial charge in [-0.25, -0.2) is 0 Å². The Labute approximate surface area is 63.0 Å². The molecule has 10 heavy (non-hydrogen) atoms. The summed E-state index contributed by atoms with van der Waals surface area (Å²) >= 11 is 2.03. The summed E-state index contributed by atoms with van der Waals surface area (Å²) in [5.41, 5.74) is 0. The van der Waals surface area contributed by atoms with Gasteiger partial charge in [-0.15, -0.1) is 0 Å². The van der Waals surface area contributed by atoms with Crippen LogP contribution in [0.15, 0.2) is 0 Å². The fourth-order valence-corrected chi connectivity index (χ4v) is 1.30. The Morgan fingerprint density at radius 2 is 1.50 bits per heavy atom. The molecule has 1 nitrogen and oxygen atoms in total. The highest BCUT2D eigenvalue weighted by molar-refractivity contribution is 7.99. The van der Waals surface area contributed by atoms with E-state index in [2.05, 4.69) is 5.32 Å². The second-order valence-electron chi connectivity index (χ2n) is 1.61. The highest BCUT2D eigenvalue weighted by atomic mass is 32.2. The Morgan fingerprint density at radius 3 is 1.60 bits per heavy atom. The van der Waals surface area contributed by atoms with Gasteiger partial charge < -0.3 is 5.32 Å². The minimum atomic E-state index is -3.67. The minimum absolute atomic E-state index is 1.21. The molecule has 1 fully saturated rings. The summed E-state index contributed by atoms with van der Waals surface area (Å²) in [6.07, 6.45) is 0. The molecule has 0 amide bonds. The summed E-state index contributed by atoms with van der Waals surface area (Å²) in [7, 11) is -3.67. The lowest BCUT2D eigenvalue weighted by Gasteiger charge is -2.08. The maximum absolute atomic E-state index is 9.67. The number of rotatable bonds is 0. The van der Waals surface area contributed by atoms with E-state index in [0.29, 0.717) is 0 Å². The Balaban J connectivity index is 0.000000180. The van der Waals surface area contributed by atoms with Crippen LogP contribution in [0.4, 0.5) is 12.9 Å². The fourth-order valence-electron chi connectivity index (χ4n) is 0.516. The summed E-state index contributed by atoms with van der Waals surface area (Å²) in [5, 5.41) is 3.26. The Kier molecular flexibility index (Phi) is 7.39. The van der Waals surface area contributed by atoms with E-state index in [1.54, 1.807) is 0 Å². The lowest BCUT2D eigenvalue weighted by molar-refractivity contribution is 0.535. The Bertz CT molecular complexity index is 57.3. The molecule has 6 heteroatoms. The van der Waals surface area contributed by atoms with E-state index in [1.807, 2.05) is 11.8 Å². The SMILES string of the molecule is C1CSCCN1.FB(F)F. The Morgan fingerprint density at radius 1 is 1.10 bits per heavy atom. The standard InChI is InChI=1S/C4H9NS.BF3/c1-3-6-4-2-5-1;2-1(3)4/h5H,1-4H2;. The van der Waals surface area contributed by atoms with Gasteiger partial charge in [-0.3, -0.25) is 12.9 Å². The molecule has 1 aliphatic heterocycles. The highest BCUT2D eigenvalue weighted by Gasteiger charge is 2.06. The molecule has 0 bridgehead atoms. The van der Waals surface area contributed by atoms with Crippen molar-refractivity contribution >= 4 is 19.3 Å². The molecular weight excluding hydrogens is 162 g/mol. The molecule has 1 rings (SSSR count). The second kappa shape index (κ2) is 7.27. The molecule has 0 aromatic carbocycles. The summed E-state index contributed by atoms with van der Waals surface area (Å²) in [6.45, 7) is 2.43. The van der Waals surface area contributed by atoms with Crippen LogP contribution in [0.2, 0.25) is 0 Å². The molecule has 0 atom stereocenters. The van der Waals surface area contributed by atoms with E-state index < -0.39 is 7.54 Å². The van der Waals surface area contributed by atoms with Crippen LogP contribution < -0.4 is 5.32 Å². The fraction of sp³-hybridized carbons (Fsp3) is 1.00. The molecular formula is C4H9BF3NS. The van der Waals surface area contributed by atoms with Crippen LogP contribution >= 0.6 is 11.8 Å². The molecule has 0 unspecified atom stereocenters. The maximum Gasteiger partial charge on any atom is 0.762 e. The van der Waals surface area contributed by atoms with Gasteiger partial charge in [0.2, 0.25) is 0 Å². The van der Waals surface area contributed by atoms with Crippen LogP contribution in [-0.2, 0) is 0 Å². The number of hydrogen-bond donors (Lipinski definition) is 1. The monoisotopic (exact) mass is 171 g/mol. The molecule has 1 N–H and O–H groups in total. The smallest absolute Gasteiger partial charge is 0.315 e. The zero-order valence-corrected chi connectivity index (χ0v) is 6.26. The molecule has 0 aromatic rings. The molecule has 0 radical (unpaired) electrons. The maximum atomic E-state index is 9.67.